The molecule has 200 valence electrons. The molecule has 0 heterocycles. The number of carbonyl (C=O) groups excluding carboxylic acids is 4. The predicted molar refractivity (Wildman–Crippen MR) is 146 cm³/mol. The zero-order valence-corrected chi connectivity index (χ0v) is 21.7. The summed E-state index contributed by atoms with van der Waals surface area (Å²) in [5.41, 5.74) is 2.41. The summed E-state index contributed by atoms with van der Waals surface area (Å²) >= 11 is 0. The van der Waals surface area contributed by atoms with Crippen LogP contribution in [0.25, 0.3) is 0 Å². The SMILES string of the molecule is CCN(CCO)c1ccc(N=C2C=C(NC(=O)c3ccc(C#N)cc3)C(=O)C=C2NC(=O)CCC(C)=O)cc1. The summed E-state index contributed by atoms with van der Waals surface area (Å²) in [7, 11) is 0. The van der Waals surface area contributed by atoms with E-state index >= 15 is 0 Å². The van der Waals surface area contributed by atoms with Gasteiger partial charge in [0.15, 0.2) is 0 Å². The third-order valence-electron chi connectivity index (χ3n) is 5.82. The molecule has 39 heavy (non-hydrogen) atoms. The van der Waals surface area contributed by atoms with E-state index in [2.05, 4.69) is 15.6 Å². The molecule has 0 aliphatic heterocycles. The van der Waals surface area contributed by atoms with Crippen molar-refractivity contribution in [1.29, 1.82) is 5.26 Å². The molecule has 2 amide bonds. The minimum Gasteiger partial charge on any atom is -0.395 e. The minimum absolute atomic E-state index is 0.0190. The summed E-state index contributed by atoms with van der Waals surface area (Å²) in [5, 5.41) is 23.4. The Balaban J connectivity index is 1.90. The van der Waals surface area contributed by atoms with Crippen LogP contribution in [-0.2, 0) is 14.4 Å². The number of Topliss-reactive ketones (excluding diaryl/α,β-unsaturated/α-hetero) is 1. The molecule has 2 aromatic carbocycles. The highest BCUT2D eigenvalue weighted by molar-refractivity contribution is 6.24. The molecule has 0 spiro atoms. The van der Waals surface area contributed by atoms with E-state index in [0.29, 0.717) is 24.3 Å². The Morgan fingerprint density at radius 1 is 0.974 bits per heavy atom. The van der Waals surface area contributed by atoms with Gasteiger partial charge >= 0.3 is 0 Å². The van der Waals surface area contributed by atoms with Gasteiger partial charge in [-0.2, -0.15) is 5.26 Å². The van der Waals surface area contributed by atoms with Gasteiger partial charge in [-0.25, -0.2) is 4.99 Å². The number of ketones is 2. The van der Waals surface area contributed by atoms with E-state index in [1.54, 1.807) is 12.1 Å². The lowest BCUT2D eigenvalue weighted by Gasteiger charge is -2.22. The van der Waals surface area contributed by atoms with Crippen LogP contribution in [0, 0.1) is 11.3 Å². The highest BCUT2D eigenvalue weighted by atomic mass is 16.3. The second-order valence-corrected chi connectivity index (χ2v) is 8.69. The molecule has 3 rings (SSSR count). The summed E-state index contributed by atoms with van der Waals surface area (Å²) in [6.07, 6.45) is 2.56. The molecule has 0 radical (unpaired) electrons. The molecule has 0 saturated heterocycles. The number of benzene rings is 2. The first-order valence-corrected chi connectivity index (χ1v) is 12.4. The predicted octanol–water partition coefficient (Wildman–Crippen LogP) is 2.72. The fourth-order valence-corrected chi connectivity index (χ4v) is 3.72. The number of aliphatic hydroxyl groups excluding tert-OH is 1. The molecular formula is C29H29N5O5. The average molecular weight is 528 g/mol. The molecule has 1 aliphatic rings. The maximum atomic E-state index is 12.8. The lowest BCUT2D eigenvalue weighted by atomic mass is 10.0. The van der Waals surface area contributed by atoms with Crippen molar-refractivity contribution in [3.05, 3.63) is 83.2 Å². The number of rotatable bonds is 11. The van der Waals surface area contributed by atoms with Crippen LogP contribution >= 0.6 is 0 Å². The standard InChI is InChI=1S/C29H29N5O5/c1-3-34(14-15-35)23-11-9-22(10-12-23)31-24-16-26(33-29(39)21-7-5-20(18-30)6-8-21)27(37)17-25(24)32-28(38)13-4-19(2)36/h5-12,16-17,35H,3-4,13-15H2,1-2H3,(H,32,38)(H,33,39). The Morgan fingerprint density at radius 3 is 2.26 bits per heavy atom. The van der Waals surface area contributed by atoms with Crippen molar-refractivity contribution in [3.63, 3.8) is 0 Å². The fourth-order valence-electron chi connectivity index (χ4n) is 3.72. The summed E-state index contributed by atoms with van der Waals surface area (Å²) in [4.78, 5) is 55.9. The first kappa shape index (κ1) is 28.7. The van der Waals surface area contributed by atoms with Crippen LogP contribution in [0.15, 0.2) is 77.1 Å². The number of likely N-dealkylation sites (N-methyl/N-ethyl adjacent to an activating group) is 1. The second-order valence-electron chi connectivity index (χ2n) is 8.69. The van der Waals surface area contributed by atoms with Gasteiger partial charge in [0.25, 0.3) is 5.91 Å². The first-order valence-electron chi connectivity index (χ1n) is 12.4. The molecule has 0 saturated carbocycles. The topological polar surface area (TPSA) is 152 Å². The number of hydrogen-bond acceptors (Lipinski definition) is 8. The normalized spacial score (nSPS) is 13.7. The Hall–Kier alpha value is -4.88. The lowest BCUT2D eigenvalue weighted by molar-refractivity contribution is -0.124. The number of allylic oxidation sites excluding steroid dienone is 2. The van der Waals surface area contributed by atoms with Crippen LogP contribution < -0.4 is 15.5 Å². The summed E-state index contributed by atoms with van der Waals surface area (Å²) in [5.74, 6) is -1.68. The molecular weight excluding hydrogens is 498 g/mol. The minimum atomic E-state index is -0.548. The van der Waals surface area contributed by atoms with E-state index in [0.717, 1.165) is 5.69 Å². The number of aliphatic hydroxyl groups is 1. The van der Waals surface area contributed by atoms with Gasteiger partial charge in [0.05, 0.1) is 41.0 Å². The Kier molecular flexibility index (Phi) is 10.0. The molecule has 0 unspecified atom stereocenters. The van der Waals surface area contributed by atoms with Gasteiger partial charge in [0.1, 0.15) is 5.78 Å². The van der Waals surface area contributed by atoms with Crippen molar-refractivity contribution in [2.75, 3.05) is 24.6 Å². The second kappa shape index (κ2) is 13.6. The van der Waals surface area contributed by atoms with Gasteiger partial charge in [-0.1, -0.05) is 0 Å². The van der Waals surface area contributed by atoms with Gasteiger partial charge in [-0.3, -0.25) is 14.4 Å². The molecule has 0 atom stereocenters. The molecule has 1 aliphatic carbocycles. The van der Waals surface area contributed by atoms with E-state index in [4.69, 9.17) is 5.26 Å². The van der Waals surface area contributed by atoms with Crippen LogP contribution in [-0.4, -0.2) is 53.9 Å². The fraction of sp³-hybridized carbons (Fsp3) is 0.241. The van der Waals surface area contributed by atoms with E-state index in [-0.39, 0.29) is 47.9 Å². The van der Waals surface area contributed by atoms with Crippen LogP contribution in [0.3, 0.4) is 0 Å². The largest absolute Gasteiger partial charge is 0.395 e. The zero-order chi connectivity index (χ0) is 28.4. The number of nitrogens with one attached hydrogen (secondary N) is 2. The summed E-state index contributed by atoms with van der Waals surface area (Å²) in [6, 6.07) is 15.1. The molecule has 10 nitrogen and oxygen atoms in total. The molecule has 2 aromatic rings. The monoisotopic (exact) mass is 527 g/mol. The van der Waals surface area contributed by atoms with E-state index < -0.39 is 17.6 Å². The number of hydrogen-bond donors (Lipinski definition) is 3. The van der Waals surface area contributed by atoms with E-state index in [1.807, 2.05) is 30.0 Å². The highest BCUT2D eigenvalue weighted by Gasteiger charge is 2.23. The van der Waals surface area contributed by atoms with Crippen molar-refractivity contribution < 1.29 is 24.3 Å². The van der Waals surface area contributed by atoms with Crippen LogP contribution in [0.2, 0.25) is 0 Å². The van der Waals surface area contributed by atoms with Crippen molar-refractivity contribution in [1.82, 2.24) is 10.6 Å². The molecule has 3 N–H and O–H groups in total. The highest BCUT2D eigenvalue weighted by Crippen LogP contribution is 2.22. The number of nitrogens with zero attached hydrogens (tertiary/aromatic N) is 3. The average Bonchev–Trinajstić information content (AvgIpc) is 2.93. The zero-order valence-electron chi connectivity index (χ0n) is 21.7. The molecule has 0 fully saturated rings. The number of aliphatic imine (C=N–C) groups is 1. The molecule has 0 aromatic heterocycles. The quantitative estimate of drug-likeness (QED) is 0.380. The van der Waals surface area contributed by atoms with Gasteiger partial charge < -0.3 is 25.4 Å². The Bertz CT molecular complexity index is 1380. The van der Waals surface area contributed by atoms with Crippen molar-refractivity contribution in [2.24, 2.45) is 4.99 Å². The van der Waals surface area contributed by atoms with Crippen LogP contribution in [0.1, 0.15) is 42.6 Å². The van der Waals surface area contributed by atoms with Gasteiger partial charge in [0, 0.05) is 43.3 Å². The lowest BCUT2D eigenvalue weighted by Crippen LogP contribution is -2.34. The summed E-state index contributed by atoms with van der Waals surface area (Å²) < 4.78 is 0. The Labute approximate surface area is 226 Å². The molecule has 10 heteroatoms. The number of nitriles is 1. The van der Waals surface area contributed by atoms with Crippen molar-refractivity contribution in [2.45, 2.75) is 26.7 Å². The first-order chi connectivity index (χ1) is 18.7. The van der Waals surface area contributed by atoms with Gasteiger partial charge in [-0.15, -0.1) is 0 Å². The third-order valence-corrected chi connectivity index (χ3v) is 5.82. The maximum Gasteiger partial charge on any atom is 0.255 e. The maximum absolute atomic E-state index is 12.8. The van der Waals surface area contributed by atoms with Crippen LogP contribution in [0.5, 0.6) is 0 Å². The van der Waals surface area contributed by atoms with E-state index in [1.165, 1.54) is 43.3 Å². The number of amides is 2. The van der Waals surface area contributed by atoms with Gasteiger partial charge in [-0.05, 0) is 68.5 Å². The van der Waals surface area contributed by atoms with Gasteiger partial charge in [0.2, 0.25) is 11.7 Å². The van der Waals surface area contributed by atoms with Crippen LogP contribution in [0.4, 0.5) is 11.4 Å². The third kappa shape index (κ3) is 8.05. The van der Waals surface area contributed by atoms with Crippen molar-refractivity contribution in [3.8, 4) is 6.07 Å². The van der Waals surface area contributed by atoms with E-state index in [9.17, 15) is 24.3 Å². The number of carbonyl (C=O) groups is 4. The summed E-state index contributed by atoms with van der Waals surface area (Å²) in [6.45, 7) is 4.58. The number of anilines is 1. The molecule has 0 bridgehead atoms. The van der Waals surface area contributed by atoms with Crippen molar-refractivity contribution >= 4 is 40.5 Å². The Morgan fingerprint density at radius 2 is 1.67 bits per heavy atom. The smallest absolute Gasteiger partial charge is 0.255 e.